The van der Waals surface area contributed by atoms with E-state index in [0.29, 0.717) is 22.0 Å². The lowest BCUT2D eigenvalue weighted by atomic mass is 10.2. The molecule has 0 bridgehead atoms. The molecule has 1 aliphatic heterocycles. The third-order valence-corrected chi connectivity index (χ3v) is 6.59. The summed E-state index contributed by atoms with van der Waals surface area (Å²) in [4.78, 5) is 0.217. The van der Waals surface area contributed by atoms with E-state index in [1.807, 2.05) is 11.8 Å². The first-order valence-electron chi connectivity index (χ1n) is 6.15. The molecule has 1 atom stereocenters. The number of rotatable bonds is 4. The molecule has 0 aromatic heterocycles. The summed E-state index contributed by atoms with van der Waals surface area (Å²) in [7, 11) is -3.46. The van der Waals surface area contributed by atoms with Gasteiger partial charge in [-0.15, -0.1) is 0 Å². The van der Waals surface area contributed by atoms with Gasteiger partial charge >= 0.3 is 0 Å². The number of hydrogen-bond acceptors (Lipinski definition) is 4. The highest BCUT2D eigenvalue weighted by atomic mass is 79.9. The highest BCUT2D eigenvalue weighted by molar-refractivity contribution is 9.10. The summed E-state index contributed by atoms with van der Waals surface area (Å²) >= 11 is 5.10. The zero-order valence-corrected chi connectivity index (χ0v) is 13.7. The van der Waals surface area contributed by atoms with E-state index < -0.39 is 10.0 Å². The zero-order chi connectivity index (χ0) is 13.9. The van der Waals surface area contributed by atoms with Gasteiger partial charge in [0.25, 0.3) is 0 Å². The Labute approximate surface area is 126 Å². The summed E-state index contributed by atoms with van der Waals surface area (Å²) in [5.74, 6) is 1.12. The largest absolute Gasteiger partial charge is 0.398 e. The van der Waals surface area contributed by atoms with Crippen LogP contribution in [-0.2, 0) is 10.0 Å². The second kappa shape index (κ2) is 6.47. The van der Waals surface area contributed by atoms with Crippen molar-refractivity contribution in [1.82, 2.24) is 4.72 Å². The van der Waals surface area contributed by atoms with Gasteiger partial charge in [-0.2, -0.15) is 11.8 Å². The first kappa shape index (κ1) is 15.2. The molecule has 1 aromatic rings. The van der Waals surface area contributed by atoms with Crippen LogP contribution in [0.5, 0.6) is 0 Å². The molecule has 0 saturated carbocycles. The van der Waals surface area contributed by atoms with Gasteiger partial charge in [0.1, 0.15) is 0 Å². The average molecular weight is 365 g/mol. The van der Waals surface area contributed by atoms with Crippen molar-refractivity contribution in [2.45, 2.75) is 29.4 Å². The van der Waals surface area contributed by atoms with Crippen molar-refractivity contribution in [3.63, 3.8) is 0 Å². The summed E-state index contributed by atoms with van der Waals surface area (Å²) in [6.07, 6.45) is 3.50. The average Bonchev–Trinajstić information content (AvgIpc) is 2.41. The molecule has 3 N–H and O–H groups in total. The standard InChI is InChI=1S/C12H17BrN2O2S2/c13-11-5-4-10(7-12(11)14)19(16,17)15-8-9-3-1-2-6-18-9/h4-5,7,9,15H,1-3,6,8,14H2. The van der Waals surface area contributed by atoms with E-state index in [-0.39, 0.29) is 4.90 Å². The predicted molar refractivity (Wildman–Crippen MR) is 83.8 cm³/mol. The van der Waals surface area contributed by atoms with E-state index in [1.165, 1.54) is 18.9 Å². The second-order valence-electron chi connectivity index (χ2n) is 4.52. The Morgan fingerprint density at radius 2 is 2.21 bits per heavy atom. The number of nitrogens with one attached hydrogen (secondary N) is 1. The molecule has 0 amide bonds. The molecule has 0 radical (unpaired) electrons. The molecule has 1 aliphatic rings. The van der Waals surface area contributed by atoms with Crippen LogP contribution in [0.4, 0.5) is 5.69 Å². The van der Waals surface area contributed by atoms with Gasteiger partial charge in [0, 0.05) is 22.0 Å². The number of benzene rings is 1. The summed E-state index contributed by atoms with van der Waals surface area (Å²) < 4.78 is 27.7. The SMILES string of the molecule is Nc1cc(S(=O)(=O)NCC2CCCCS2)ccc1Br. The van der Waals surface area contributed by atoms with Crippen molar-refractivity contribution in [2.75, 3.05) is 18.0 Å². The molecule has 106 valence electrons. The van der Waals surface area contributed by atoms with E-state index in [0.717, 1.165) is 12.2 Å². The number of anilines is 1. The molecule has 2 rings (SSSR count). The third-order valence-electron chi connectivity index (χ3n) is 3.05. The van der Waals surface area contributed by atoms with Gasteiger partial charge in [0.15, 0.2) is 0 Å². The van der Waals surface area contributed by atoms with Crippen molar-refractivity contribution >= 4 is 43.4 Å². The van der Waals surface area contributed by atoms with Gasteiger partial charge in [-0.3, -0.25) is 0 Å². The Bertz CT molecular complexity index is 543. The smallest absolute Gasteiger partial charge is 0.240 e. The quantitative estimate of drug-likeness (QED) is 0.805. The van der Waals surface area contributed by atoms with Crippen molar-refractivity contribution in [2.24, 2.45) is 0 Å². The minimum atomic E-state index is -3.46. The van der Waals surface area contributed by atoms with Crippen LogP contribution in [0.1, 0.15) is 19.3 Å². The van der Waals surface area contributed by atoms with Crippen LogP contribution in [0, 0.1) is 0 Å². The fourth-order valence-corrected chi connectivity index (χ4v) is 4.65. The van der Waals surface area contributed by atoms with Crippen LogP contribution in [0.15, 0.2) is 27.6 Å². The lowest BCUT2D eigenvalue weighted by molar-refractivity contribution is 0.574. The maximum Gasteiger partial charge on any atom is 0.240 e. The highest BCUT2D eigenvalue weighted by Gasteiger charge is 2.19. The number of nitrogen functional groups attached to an aromatic ring is 1. The highest BCUT2D eigenvalue weighted by Crippen LogP contribution is 2.25. The van der Waals surface area contributed by atoms with Crippen LogP contribution >= 0.6 is 27.7 Å². The van der Waals surface area contributed by atoms with E-state index in [4.69, 9.17) is 5.73 Å². The number of nitrogens with two attached hydrogens (primary N) is 1. The first-order valence-corrected chi connectivity index (χ1v) is 9.48. The van der Waals surface area contributed by atoms with Crippen molar-refractivity contribution in [3.8, 4) is 0 Å². The van der Waals surface area contributed by atoms with Crippen molar-refractivity contribution in [3.05, 3.63) is 22.7 Å². The van der Waals surface area contributed by atoms with E-state index in [1.54, 1.807) is 12.1 Å². The monoisotopic (exact) mass is 364 g/mol. The normalized spacial score (nSPS) is 20.4. The van der Waals surface area contributed by atoms with Crippen LogP contribution < -0.4 is 10.5 Å². The Morgan fingerprint density at radius 1 is 1.42 bits per heavy atom. The van der Waals surface area contributed by atoms with Gasteiger partial charge in [-0.1, -0.05) is 6.42 Å². The fourth-order valence-electron chi connectivity index (χ4n) is 1.94. The molecule has 0 spiro atoms. The Kier molecular flexibility index (Phi) is 5.16. The molecule has 1 saturated heterocycles. The van der Waals surface area contributed by atoms with Gasteiger partial charge in [0.05, 0.1) is 4.90 Å². The molecular formula is C12H17BrN2O2S2. The number of thioether (sulfide) groups is 1. The van der Waals surface area contributed by atoms with Gasteiger partial charge in [0.2, 0.25) is 10.0 Å². The Balaban J connectivity index is 2.02. The summed E-state index contributed by atoms with van der Waals surface area (Å²) in [5.41, 5.74) is 6.14. The summed E-state index contributed by atoms with van der Waals surface area (Å²) in [6, 6.07) is 4.68. The van der Waals surface area contributed by atoms with Crippen LogP contribution in [0.3, 0.4) is 0 Å². The van der Waals surface area contributed by atoms with Crippen molar-refractivity contribution < 1.29 is 8.42 Å². The van der Waals surface area contributed by atoms with Crippen LogP contribution in [0.2, 0.25) is 0 Å². The Morgan fingerprint density at radius 3 is 2.84 bits per heavy atom. The van der Waals surface area contributed by atoms with Gasteiger partial charge < -0.3 is 5.73 Å². The number of hydrogen-bond donors (Lipinski definition) is 2. The number of halogens is 1. The number of sulfonamides is 1. The fraction of sp³-hybridized carbons (Fsp3) is 0.500. The lowest BCUT2D eigenvalue weighted by Gasteiger charge is -2.21. The second-order valence-corrected chi connectivity index (χ2v) is 8.55. The summed E-state index contributed by atoms with van der Waals surface area (Å²) in [5, 5.41) is 0.385. The molecule has 1 heterocycles. The molecule has 1 fully saturated rings. The van der Waals surface area contributed by atoms with E-state index >= 15 is 0 Å². The zero-order valence-electron chi connectivity index (χ0n) is 10.4. The maximum atomic E-state index is 12.1. The first-order chi connectivity index (χ1) is 8.99. The van der Waals surface area contributed by atoms with Gasteiger partial charge in [-0.05, 0) is 52.7 Å². The molecular weight excluding hydrogens is 348 g/mol. The maximum absolute atomic E-state index is 12.1. The van der Waals surface area contributed by atoms with Crippen LogP contribution in [0.25, 0.3) is 0 Å². The molecule has 1 unspecified atom stereocenters. The lowest BCUT2D eigenvalue weighted by Crippen LogP contribution is -2.32. The van der Waals surface area contributed by atoms with E-state index in [9.17, 15) is 8.42 Å². The molecule has 4 nitrogen and oxygen atoms in total. The molecule has 19 heavy (non-hydrogen) atoms. The minimum absolute atomic E-state index is 0.217. The predicted octanol–water partition coefficient (Wildman–Crippen LogP) is 2.60. The van der Waals surface area contributed by atoms with Crippen molar-refractivity contribution in [1.29, 1.82) is 0 Å². The molecule has 1 aromatic carbocycles. The minimum Gasteiger partial charge on any atom is -0.398 e. The van der Waals surface area contributed by atoms with Gasteiger partial charge in [-0.25, -0.2) is 13.1 Å². The molecule has 0 aliphatic carbocycles. The summed E-state index contributed by atoms with van der Waals surface area (Å²) in [6.45, 7) is 0.489. The van der Waals surface area contributed by atoms with Crippen LogP contribution in [-0.4, -0.2) is 26.0 Å². The Hall–Kier alpha value is -0.240. The molecule has 7 heteroatoms. The third kappa shape index (κ3) is 4.11. The topological polar surface area (TPSA) is 72.2 Å². The van der Waals surface area contributed by atoms with E-state index in [2.05, 4.69) is 20.7 Å².